The highest BCUT2D eigenvalue weighted by molar-refractivity contribution is 7.98. The first kappa shape index (κ1) is 20.5. The van der Waals surface area contributed by atoms with Gasteiger partial charge in [-0.2, -0.15) is 0 Å². The van der Waals surface area contributed by atoms with Gasteiger partial charge in [-0.15, -0.1) is 20.4 Å². The maximum Gasteiger partial charge on any atom is 0.282 e. The number of carbonyl (C=O) groups is 1. The zero-order chi connectivity index (χ0) is 20.9. The Bertz CT molecular complexity index is 1140. The van der Waals surface area contributed by atoms with Crippen LogP contribution < -0.4 is 5.32 Å². The Balaban J connectivity index is 1.30. The summed E-state index contributed by atoms with van der Waals surface area (Å²) in [4.78, 5) is 12.3. The summed E-state index contributed by atoms with van der Waals surface area (Å²) in [6.07, 6.45) is 0. The van der Waals surface area contributed by atoms with Gasteiger partial charge in [0.2, 0.25) is 10.9 Å². The summed E-state index contributed by atoms with van der Waals surface area (Å²) in [7, 11) is 0. The van der Waals surface area contributed by atoms with Gasteiger partial charge in [0.15, 0.2) is 0 Å². The predicted molar refractivity (Wildman–Crippen MR) is 117 cm³/mol. The monoisotopic (exact) mass is 457 g/mol. The fraction of sp³-hybridized carbons (Fsp3) is 0.150. The molecule has 2 aromatic carbocycles. The molecule has 7 nitrogen and oxygen atoms in total. The number of hydrogen-bond acceptors (Lipinski definition) is 8. The number of amides is 1. The molecule has 2 heterocycles. The van der Waals surface area contributed by atoms with Gasteiger partial charge in [-0.05, 0) is 36.8 Å². The van der Waals surface area contributed by atoms with Gasteiger partial charge in [-0.1, -0.05) is 64.5 Å². The lowest BCUT2D eigenvalue weighted by molar-refractivity contribution is 0.0950. The molecule has 0 radical (unpaired) electrons. The lowest BCUT2D eigenvalue weighted by Crippen LogP contribution is -2.22. The number of nitrogens with zero attached hydrogens (tertiary/aromatic N) is 4. The number of carbonyl (C=O) groups excluding carboxylic acids is 1. The van der Waals surface area contributed by atoms with Crippen LogP contribution in [0.5, 0.6) is 0 Å². The third-order valence-electron chi connectivity index (χ3n) is 4.05. The molecule has 0 saturated carbocycles. The van der Waals surface area contributed by atoms with E-state index in [1.165, 1.54) is 28.7 Å². The Morgan fingerprint density at radius 2 is 1.83 bits per heavy atom. The second-order valence-electron chi connectivity index (χ2n) is 6.34. The molecule has 10 heteroatoms. The number of thioether (sulfide) groups is 1. The van der Waals surface area contributed by atoms with Crippen molar-refractivity contribution in [3.63, 3.8) is 0 Å². The molecule has 0 aliphatic heterocycles. The molecular formula is C20H16ClN5O2S2. The highest BCUT2D eigenvalue weighted by Gasteiger charge is 2.15. The fourth-order valence-corrected chi connectivity index (χ4v) is 4.10. The van der Waals surface area contributed by atoms with E-state index in [-0.39, 0.29) is 5.91 Å². The van der Waals surface area contributed by atoms with Gasteiger partial charge in [0.25, 0.3) is 11.1 Å². The van der Waals surface area contributed by atoms with E-state index in [1.807, 2.05) is 43.3 Å². The summed E-state index contributed by atoms with van der Waals surface area (Å²) in [6, 6.07) is 15.2. The van der Waals surface area contributed by atoms with Gasteiger partial charge in [0, 0.05) is 17.1 Å². The molecule has 0 unspecified atom stereocenters. The van der Waals surface area contributed by atoms with Crippen LogP contribution >= 0.6 is 34.7 Å². The zero-order valence-corrected chi connectivity index (χ0v) is 18.2. The van der Waals surface area contributed by atoms with E-state index in [9.17, 15) is 4.79 Å². The van der Waals surface area contributed by atoms with Gasteiger partial charge in [-0.3, -0.25) is 4.79 Å². The summed E-state index contributed by atoms with van der Waals surface area (Å²) in [6.45, 7) is 2.47. The summed E-state index contributed by atoms with van der Waals surface area (Å²) in [5, 5.41) is 21.1. The van der Waals surface area contributed by atoms with Crippen LogP contribution in [0.2, 0.25) is 5.02 Å². The van der Waals surface area contributed by atoms with Crippen LogP contribution in [0.25, 0.3) is 11.5 Å². The van der Waals surface area contributed by atoms with Crippen molar-refractivity contribution in [3.05, 3.63) is 74.7 Å². The summed E-state index contributed by atoms with van der Waals surface area (Å²) < 4.78 is 5.66. The Labute approximate surface area is 185 Å². The molecule has 152 valence electrons. The van der Waals surface area contributed by atoms with Gasteiger partial charge in [-0.25, -0.2) is 0 Å². The molecule has 0 aliphatic carbocycles. The van der Waals surface area contributed by atoms with Crippen molar-refractivity contribution in [2.75, 3.05) is 0 Å². The Hall–Kier alpha value is -2.75. The summed E-state index contributed by atoms with van der Waals surface area (Å²) >= 11 is 8.47. The van der Waals surface area contributed by atoms with Crippen LogP contribution in [0.15, 0.2) is 58.2 Å². The second-order valence-corrected chi connectivity index (χ2v) is 8.76. The van der Waals surface area contributed by atoms with Crippen LogP contribution in [0.3, 0.4) is 0 Å². The normalized spacial score (nSPS) is 10.9. The van der Waals surface area contributed by atoms with Crippen LogP contribution in [0, 0.1) is 6.92 Å². The third kappa shape index (κ3) is 5.24. The van der Waals surface area contributed by atoms with E-state index in [1.54, 1.807) is 12.1 Å². The minimum absolute atomic E-state index is 0.243. The first-order valence-corrected chi connectivity index (χ1v) is 11.1. The molecule has 0 aliphatic rings. The summed E-state index contributed by atoms with van der Waals surface area (Å²) in [5.74, 6) is 0.653. The molecular weight excluding hydrogens is 442 g/mol. The molecule has 4 rings (SSSR count). The third-order valence-corrected chi connectivity index (χ3v) is 6.24. The second kappa shape index (κ2) is 9.38. The van der Waals surface area contributed by atoms with Gasteiger partial charge in [0.1, 0.15) is 5.01 Å². The maximum atomic E-state index is 12.3. The van der Waals surface area contributed by atoms with Crippen LogP contribution in [-0.4, -0.2) is 26.3 Å². The van der Waals surface area contributed by atoms with Crippen LogP contribution in [0.1, 0.15) is 25.9 Å². The lowest BCUT2D eigenvalue weighted by Gasteiger charge is -2.03. The van der Waals surface area contributed by atoms with Crippen molar-refractivity contribution in [1.82, 2.24) is 25.7 Å². The van der Waals surface area contributed by atoms with E-state index >= 15 is 0 Å². The molecule has 1 N–H and O–H groups in total. The number of aryl methyl sites for hydroxylation is 1. The molecule has 0 atom stereocenters. The molecule has 4 aromatic rings. The van der Waals surface area contributed by atoms with Crippen LogP contribution in [0.4, 0.5) is 0 Å². The molecule has 2 aromatic heterocycles. The topological polar surface area (TPSA) is 93.8 Å². The molecule has 30 heavy (non-hydrogen) atoms. The molecule has 1 amide bonds. The number of rotatable bonds is 7. The van der Waals surface area contributed by atoms with Crippen molar-refractivity contribution in [2.24, 2.45) is 0 Å². The Kier molecular flexibility index (Phi) is 6.41. The number of hydrogen-bond donors (Lipinski definition) is 1. The van der Waals surface area contributed by atoms with E-state index in [0.717, 1.165) is 11.1 Å². The first-order valence-electron chi connectivity index (χ1n) is 8.95. The average molecular weight is 458 g/mol. The number of benzene rings is 2. The summed E-state index contributed by atoms with van der Waals surface area (Å²) in [5.41, 5.74) is 3.00. The predicted octanol–water partition coefficient (Wildman–Crippen LogP) is 4.77. The van der Waals surface area contributed by atoms with Crippen molar-refractivity contribution < 1.29 is 9.21 Å². The van der Waals surface area contributed by atoms with Gasteiger partial charge >= 0.3 is 0 Å². The van der Waals surface area contributed by atoms with Crippen molar-refractivity contribution >= 4 is 40.6 Å². The number of aromatic nitrogens is 4. The van der Waals surface area contributed by atoms with Crippen molar-refractivity contribution in [1.29, 1.82) is 0 Å². The average Bonchev–Trinajstić information content (AvgIpc) is 3.42. The minimum atomic E-state index is -0.243. The van der Waals surface area contributed by atoms with Gasteiger partial charge < -0.3 is 9.73 Å². The van der Waals surface area contributed by atoms with E-state index in [2.05, 4.69) is 25.7 Å². The molecule has 0 fully saturated rings. The fourth-order valence-electron chi connectivity index (χ4n) is 2.47. The molecule has 0 saturated heterocycles. The lowest BCUT2D eigenvalue weighted by atomic mass is 10.1. The largest absolute Gasteiger partial charge is 0.411 e. The first-order chi connectivity index (χ1) is 14.6. The van der Waals surface area contributed by atoms with E-state index in [4.69, 9.17) is 16.0 Å². The Morgan fingerprint density at radius 1 is 1.07 bits per heavy atom. The van der Waals surface area contributed by atoms with Crippen LogP contribution in [-0.2, 0) is 12.3 Å². The maximum absolute atomic E-state index is 12.3. The van der Waals surface area contributed by atoms with Gasteiger partial charge in [0.05, 0.1) is 5.75 Å². The standard InChI is InChI=1S/C20H16ClN5O2S2/c1-12-2-4-13(5-3-12)10-22-17(27)19-25-23-16(30-19)11-29-20-26-24-18(28-20)14-6-8-15(21)9-7-14/h2-9H,10-11H2,1H3,(H,22,27). The van der Waals surface area contributed by atoms with Crippen molar-refractivity contribution in [2.45, 2.75) is 24.4 Å². The zero-order valence-electron chi connectivity index (χ0n) is 15.8. The highest BCUT2D eigenvalue weighted by atomic mass is 35.5. The van der Waals surface area contributed by atoms with E-state index < -0.39 is 0 Å². The van der Waals surface area contributed by atoms with Crippen molar-refractivity contribution in [3.8, 4) is 11.5 Å². The molecule has 0 spiro atoms. The highest BCUT2D eigenvalue weighted by Crippen LogP contribution is 2.27. The minimum Gasteiger partial charge on any atom is -0.411 e. The number of nitrogens with one attached hydrogen (secondary N) is 1. The molecule has 0 bridgehead atoms. The quantitative estimate of drug-likeness (QED) is 0.399. The SMILES string of the molecule is Cc1ccc(CNC(=O)c2nnc(CSc3nnc(-c4ccc(Cl)cc4)o3)s2)cc1. The van der Waals surface area contributed by atoms with E-state index in [0.29, 0.717) is 38.4 Å². The smallest absolute Gasteiger partial charge is 0.282 e. The number of halogens is 1. The Morgan fingerprint density at radius 3 is 2.60 bits per heavy atom.